The smallest absolute Gasteiger partial charge is 0.133 e. The second-order valence-corrected chi connectivity index (χ2v) is 10.5. The quantitative estimate of drug-likeness (QED) is 0.713. The predicted octanol–water partition coefficient (Wildman–Crippen LogP) is 3.91. The van der Waals surface area contributed by atoms with Crippen LogP contribution in [-0.2, 0) is 19.5 Å². The predicted molar refractivity (Wildman–Crippen MR) is 117 cm³/mol. The Hall–Kier alpha value is -2.12. The standard InChI is InChI=1S/C25H30F2N4O/c26-19-2-1-17(21(27)8-19)12-31-4-3-20-22(13-31)29-14-30-24(20)28-11-23(32)25-9-15-5-16(10-25)7-18(25)6-15/h1-2,8,14-16,18,23,32H,3-7,9-13H2,(H,28,29,30). The number of hydrogen-bond donors (Lipinski definition) is 2. The zero-order valence-corrected chi connectivity index (χ0v) is 18.2. The number of fused-ring (bicyclic) bond motifs is 1. The van der Waals surface area contributed by atoms with Gasteiger partial charge in [0, 0.05) is 48.8 Å². The average molecular weight is 441 g/mol. The van der Waals surface area contributed by atoms with E-state index in [4.69, 9.17) is 0 Å². The molecule has 170 valence electrons. The number of nitrogens with zero attached hydrogens (tertiary/aromatic N) is 3. The molecule has 2 aromatic rings. The van der Waals surface area contributed by atoms with Gasteiger partial charge in [-0.25, -0.2) is 18.7 Å². The molecule has 7 rings (SSSR count). The first kappa shape index (κ1) is 20.5. The van der Waals surface area contributed by atoms with Crippen molar-refractivity contribution in [1.29, 1.82) is 0 Å². The van der Waals surface area contributed by atoms with Crippen molar-refractivity contribution in [3.8, 4) is 0 Å². The minimum atomic E-state index is -0.556. The number of aliphatic hydroxyl groups is 1. The number of aromatic nitrogens is 2. The van der Waals surface area contributed by atoms with Crippen molar-refractivity contribution in [2.45, 2.75) is 57.7 Å². The second-order valence-electron chi connectivity index (χ2n) is 10.5. The lowest BCUT2D eigenvalue weighted by Crippen LogP contribution is -2.41. The summed E-state index contributed by atoms with van der Waals surface area (Å²) in [5.41, 5.74) is 2.63. The molecule has 0 spiro atoms. The third-order valence-electron chi connectivity index (χ3n) is 8.67. The fourth-order valence-corrected chi connectivity index (χ4v) is 7.39. The van der Waals surface area contributed by atoms with Gasteiger partial charge in [-0.1, -0.05) is 6.07 Å². The van der Waals surface area contributed by atoms with Gasteiger partial charge in [0.2, 0.25) is 0 Å². The Balaban J connectivity index is 1.12. The van der Waals surface area contributed by atoms with Gasteiger partial charge in [-0.2, -0.15) is 0 Å². The molecule has 0 radical (unpaired) electrons. The lowest BCUT2D eigenvalue weighted by atomic mass is 9.72. The minimum absolute atomic E-state index is 0.115. The van der Waals surface area contributed by atoms with Gasteiger partial charge in [0.05, 0.1) is 11.8 Å². The molecule has 1 aromatic heterocycles. The molecule has 4 bridgehead atoms. The van der Waals surface area contributed by atoms with Gasteiger partial charge in [0.1, 0.15) is 23.8 Å². The number of nitrogens with one attached hydrogen (secondary N) is 1. The highest BCUT2D eigenvalue weighted by atomic mass is 19.1. The number of rotatable bonds is 6. The summed E-state index contributed by atoms with van der Waals surface area (Å²) in [5, 5.41) is 14.6. The first-order valence-electron chi connectivity index (χ1n) is 11.9. The summed E-state index contributed by atoms with van der Waals surface area (Å²) in [7, 11) is 0. The van der Waals surface area contributed by atoms with Crippen LogP contribution in [0.1, 0.15) is 48.9 Å². The second kappa shape index (κ2) is 7.73. The SMILES string of the molecule is OC(CNc1ncnc2c1CCN(Cc1ccc(F)cc1F)C2)C12CC3CC(CC1C3)C2. The topological polar surface area (TPSA) is 61.3 Å². The molecule has 5 nitrogen and oxygen atoms in total. The molecule has 1 aromatic carbocycles. The van der Waals surface area contributed by atoms with Gasteiger partial charge < -0.3 is 10.4 Å². The highest BCUT2D eigenvalue weighted by Gasteiger charge is 2.60. The van der Waals surface area contributed by atoms with Crippen LogP contribution in [0.2, 0.25) is 0 Å². The molecule has 3 unspecified atom stereocenters. The van der Waals surface area contributed by atoms with Crippen LogP contribution in [-0.4, -0.2) is 39.2 Å². The van der Waals surface area contributed by atoms with E-state index in [1.165, 1.54) is 44.2 Å². The molecule has 2 heterocycles. The summed E-state index contributed by atoms with van der Waals surface area (Å²) in [5.74, 6) is 2.10. The lowest BCUT2D eigenvalue weighted by Gasteiger charge is -2.37. The van der Waals surface area contributed by atoms with Gasteiger partial charge in [-0.3, -0.25) is 4.90 Å². The Bertz CT molecular complexity index is 1020. The molecule has 0 saturated heterocycles. The first-order chi connectivity index (χ1) is 15.5. The zero-order valence-electron chi connectivity index (χ0n) is 18.2. The van der Waals surface area contributed by atoms with E-state index in [0.29, 0.717) is 31.1 Å². The average Bonchev–Trinajstić information content (AvgIpc) is 3.18. The highest BCUT2D eigenvalue weighted by Crippen LogP contribution is 2.66. The van der Waals surface area contributed by atoms with Crippen LogP contribution in [0.4, 0.5) is 14.6 Å². The van der Waals surface area contributed by atoms with Crippen LogP contribution in [0.25, 0.3) is 0 Å². The van der Waals surface area contributed by atoms with Crippen molar-refractivity contribution >= 4 is 5.82 Å². The van der Waals surface area contributed by atoms with Crippen molar-refractivity contribution in [2.75, 3.05) is 18.4 Å². The molecular formula is C25H30F2N4O. The molecule has 32 heavy (non-hydrogen) atoms. The molecule has 7 heteroatoms. The third-order valence-corrected chi connectivity index (χ3v) is 8.67. The number of anilines is 1. The van der Waals surface area contributed by atoms with Crippen molar-refractivity contribution < 1.29 is 13.9 Å². The van der Waals surface area contributed by atoms with Gasteiger partial charge in [0.25, 0.3) is 0 Å². The Morgan fingerprint density at radius 2 is 1.97 bits per heavy atom. The zero-order chi connectivity index (χ0) is 21.9. The van der Waals surface area contributed by atoms with E-state index in [2.05, 4.69) is 20.2 Å². The van der Waals surface area contributed by atoms with E-state index in [1.54, 1.807) is 6.33 Å². The van der Waals surface area contributed by atoms with E-state index < -0.39 is 11.6 Å². The summed E-state index contributed by atoms with van der Waals surface area (Å²) in [6.45, 7) is 2.30. The van der Waals surface area contributed by atoms with Gasteiger partial charge >= 0.3 is 0 Å². The summed E-state index contributed by atoms with van der Waals surface area (Å²) in [6.07, 6.45) is 8.35. The fourth-order valence-electron chi connectivity index (χ4n) is 7.39. The largest absolute Gasteiger partial charge is 0.391 e. The van der Waals surface area contributed by atoms with E-state index in [0.717, 1.165) is 47.9 Å². The Morgan fingerprint density at radius 3 is 2.75 bits per heavy atom. The number of aliphatic hydroxyl groups excluding tert-OH is 1. The summed E-state index contributed by atoms with van der Waals surface area (Å²) >= 11 is 0. The lowest BCUT2D eigenvalue weighted by molar-refractivity contribution is 0.00959. The summed E-state index contributed by atoms with van der Waals surface area (Å²) < 4.78 is 27.3. The van der Waals surface area contributed by atoms with Crippen molar-refractivity contribution in [1.82, 2.24) is 14.9 Å². The van der Waals surface area contributed by atoms with E-state index >= 15 is 0 Å². The van der Waals surface area contributed by atoms with Gasteiger partial charge in [0.15, 0.2) is 0 Å². The molecule has 4 saturated carbocycles. The Labute approximate surface area is 187 Å². The Morgan fingerprint density at radius 1 is 1.16 bits per heavy atom. The van der Waals surface area contributed by atoms with Crippen molar-refractivity contribution in [3.05, 3.63) is 53.0 Å². The maximum atomic E-state index is 14.1. The van der Waals surface area contributed by atoms with Crippen LogP contribution in [0, 0.1) is 34.8 Å². The maximum absolute atomic E-state index is 14.1. The highest BCUT2D eigenvalue weighted by molar-refractivity contribution is 5.47. The van der Waals surface area contributed by atoms with Crippen LogP contribution in [0.5, 0.6) is 0 Å². The van der Waals surface area contributed by atoms with Crippen LogP contribution in [0.15, 0.2) is 24.5 Å². The first-order valence-corrected chi connectivity index (χ1v) is 11.9. The van der Waals surface area contributed by atoms with Crippen molar-refractivity contribution in [2.24, 2.45) is 23.2 Å². The van der Waals surface area contributed by atoms with Crippen LogP contribution in [0.3, 0.4) is 0 Å². The third kappa shape index (κ3) is 3.41. The van der Waals surface area contributed by atoms with Gasteiger partial charge in [-0.05, 0) is 62.3 Å². The molecule has 3 atom stereocenters. The monoisotopic (exact) mass is 440 g/mol. The summed E-state index contributed by atoms with van der Waals surface area (Å²) in [4.78, 5) is 11.1. The van der Waals surface area contributed by atoms with Crippen molar-refractivity contribution in [3.63, 3.8) is 0 Å². The minimum Gasteiger partial charge on any atom is -0.391 e. The van der Waals surface area contributed by atoms with Crippen LogP contribution < -0.4 is 5.32 Å². The molecule has 4 aliphatic carbocycles. The molecule has 1 aliphatic heterocycles. The molecule has 0 amide bonds. The number of hydrogen-bond acceptors (Lipinski definition) is 5. The number of benzene rings is 1. The molecule has 5 aliphatic rings. The molecule has 2 N–H and O–H groups in total. The number of halogens is 2. The molecule has 4 fully saturated rings. The molecular weight excluding hydrogens is 410 g/mol. The summed E-state index contributed by atoms with van der Waals surface area (Å²) in [6, 6.07) is 3.75. The van der Waals surface area contributed by atoms with E-state index in [1.807, 2.05) is 0 Å². The van der Waals surface area contributed by atoms with Gasteiger partial charge in [-0.15, -0.1) is 0 Å². The maximum Gasteiger partial charge on any atom is 0.133 e. The van der Waals surface area contributed by atoms with Crippen LogP contribution >= 0.6 is 0 Å². The normalized spacial score (nSPS) is 31.7. The van der Waals surface area contributed by atoms with E-state index in [9.17, 15) is 13.9 Å². The fraction of sp³-hybridized carbons (Fsp3) is 0.600. The van der Waals surface area contributed by atoms with E-state index in [-0.39, 0.29) is 11.5 Å². The Kier molecular flexibility index (Phi) is 4.95.